The fraction of sp³-hybridized carbons (Fsp3) is 0.250. The van der Waals surface area contributed by atoms with E-state index in [2.05, 4.69) is 22.4 Å². The summed E-state index contributed by atoms with van der Waals surface area (Å²) in [4.78, 5) is 30.1. The van der Waals surface area contributed by atoms with Crippen LogP contribution in [-0.2, 0) is 16.0 Å². The molecule has 0 unspecified atom stereocenters. The fourth-order valence-corrected chi connectivity index (χ4v) is 5.51. The van der Waals surface area contributed by atoms with Crippen LogP contribution in [0.25, 0.3) is 0 Å². The summed E-state index contributed by atoms with van der Waals surface area (Å²) >= 11 is 4.41. The first-order valence-corrected chi connectivity index (χ1v) is 11.4. The highest BCUT2D eigenvalue weighted by Crippen LogP contribution is 2.29. The largest absolute Gasteiger partial charge is 0.369 e. The number of amides is 2. The Labute approximate surface area is 176 Å². The zero-order valence-electron chi connectivity index (χ0n) is 15.6. The number of nitrogens with one attached hydrogen (secondary N) is 1. The molecule has 0 spiro atoms. The van der Waals surface area contributed by atoms with Crippen molar-refractivity contribution in [2.75, 3.05) is 5.75 Å². The summed E-state index contributed by atoms with van der Waals surface area (Å²) in [6, 6.07) is 12.0. The number of thiophene rings is 1. The molecule has 3 N–H and O–H groups in total. The summed E-state index contributed by atoms with van der Waals surface area (Å²) in [6.07, 6.45) is 0.185. The van der Waals surface area contributed by atoms with Crippen molar-refractivity contribution in [3.05, 3.63) is 68.4 Å². The van der Waals surface area contributed by atoms with Gasteiger partial charge in [0.1, 0.15) is 0 Å². The van der Waals surface area contributed by atoms with Crippen LogP contribution in [0.1, 0.15) is 32.6 Å². The number of nitrogens with zero attached hydrogens (tertiary/aromatic N) is 1. The second-order valence-electron chi connectivity index (χ2n) is 6.35. The van der Waals surface area contributed by atoms with Crippen LogP contribution < -0.4 is 11.1 Å². The van der Waals surface area contributed by atoms with E-state index in [1.165, 1.54) is 28.7 Å². The Morgan fingerprint density at radius 2 is 1.96 bits per heavy atom. The van der Waals surface area contributed by atoms with Crippen LogP contribution in [0, 0.1) is 13.8 Å². The third kappa shape index (κ3) is 5.43. The predicted octanol–water partition coefficient (Wildman–Crippen LogP) is 3.85. The summed E-state index contributed by atoms with van der Waals surface area (Å²) in [5.41, 5.74) is 8.29. The smallest absolute Gasteiger partial charge is 0.231 e. The lowest BCUT2D eigenvalue weighted by atomic mass is 10.0. The van der Waals surface area contributed by atoms with Gasteiger partial charge >= 0.3 is 0 Å². The molecule has 28 heavy (non-hydrogen) atoms. The SMILES string of the molecule is Cc1ccc([C@@H](NC(=O)CSc2nc(C)c(CC(N)=O)s2)c2cccs2)cc1. The quantitative estimate of drug-likeness (QED) is 0.531. The lowest BCUT2D eigenvalue weighted by Gasteiger charge is -2.18. The summed E-state index contributed by atoms with van der Waals surface area (Å²) < 4.78 is 0.770. The maximum Gasteiger partial charge on any atom is 0.231 e. The molecule has 0 aliphatic heterocycles. The molecule has 146 valence electrons. The van der Waals surface area contributed by atoms with Crippen LogP contribution in [-0.4, -0.2) is 22.6 Å². The van der Waals surface area contributed by atoms with Crippen LogP contribution in [0.3, 0.4) is 0 Å². The zero-order valence-corrected chi connectivity index (χ0v) is 18.0. The van der Waals surface area contributed by atoms with Gasteiger partial charge < -0.3 is 11.1 Å². The van der Waals surface area contributed by atoms with Crippen LogP contribution in [0.2, 0.25) is 0 Å². The summed E-state index contributed by atoms with van der Waals surface area (Å²) in [5, 5.41) is 5.14. The number of thiazole rings is 1. The third-order valence-electron chi connectivity index (χ3n) is 4.08. The zero-order chi connectivity index (χ0) is 20.1. The van der Waals surface area contributed by atoms with Gasteiger partial charge in [-0.15, -0.1) is 22.7 Å². The number of primary amides is 1. The van der Waals surface area contributed by atoms with Gasteiger partial charge in [-0.25, -0.2) is 4.98 Å². The molecule has 0 fully saturated rings. The number of hydrogen-bond donors (Lipinski definition) is 2. The minimum Gasteiger partial charge on any atom is -0.369 e. The van der Waals surface area contributed by atoms with Gasteiger partial charge in [-0.05, 0) is 30.9 Å². The first-order valence-electron chi connectivity index (χ1n) is 8.69. The van der Waals surface area contributed by atoms with E-state index < -0.39 is 0 Å². The van der Waals surface area contributed by atoms with E-state index in [1.807, 2.05) is 43.5 Å². The lowest BCUT2D eigenvalue weighted by Crippen LogP contribution is -2.30. The van der Waals surface area contributed by atoms with E-state index in [9.17, 15) is 9.59 Å². The molecule has 0 radical (unpaired) electrons. The average molecular weight is 432 g/mol. The highest BCUT2D eigenvalue weighted by Gasteiger charge is 2.19. The molecule has 0 bridgehead atoms. The lowest BCUT2D eigenvalue weighted by molar-refractivity contribution is -0.119. The van der Waals surface area contributed by atoms with Gasteiger partial charge in [0.05, 0.1) is 23.9 Å². The molecule has 2 amide bonds. The first-order chi connectivity index (χ1) is 13.4. The molecule has 3 aromatic rings. The van der Waals surface area contributed by atoms with Crippen molar-refractivity contribution in [1.29, 1.82) is 0 Å². The van der Waals surface area contributed by atoms with Gasteiger partial charge in [0.15, 0.2) is 4.34 Å². The molecule has 3 rings (SSSR count). The molecule has 0 saturated heterocycles. The minimum absolute atomic E-state index is 0.0618. The summed E-state index contributed by atoms with van der Waals surface area (Å²) in [5.74, 6) is -0.178. The Kier molecular flexibility index (Phi) is 6.88. The summed E-state index contributed by atoms with van der Waals surface area (Å²) in [7, 11) is 0. The monoisotopic (exact) mass is 431 g/mol. The maximum absolute atomic E-state index is 12.6. The number of hydrogen-bond acceptors (Lipinski definition) is 6. The fourth-order valence-electron chi connectivity index (χ4n) is 2.65. The molecule has 5 nitrogen and oxygen atoms in total. The standard InChI is InChI=1S/C20H21N3O2S3/c1-12-5-7-14(8-6-12)19(15-4-3-9-26-15)23-18(25)11-27-20-22-13(2)16(28-20)10-17(21)24/h3-9,19H,10-11H2,1-2H3,(H2,21,24)(H,23,25)/t19-/m1/s1. The van der Waals surface area contributed by atoms with Crippen molar-refractivity contribution in [3.8, 4) is 0 Å². The summed E-state index contributed by atoms with van der Waals surface area (Å²) in [6.45, 7) is 3.89. The molecule has 1 atom stereocenters. The van der Waals surface area contributed by atoms with E-state index >= 15 is 0 Å². The van der Waals surface area contributed by atoms with E-state index in [-0.39, 0.29) is 30.0 Å². The van der Waals surface area contributed by atoms with Gasteiger partial charge in [0, 0.05) is 9.75 Å². The van der Waals surface area contributed by atoms with Crippen LogP contribution in [0.5, 0.6) is 0 Å². The Hall–Kier alpha value is -2.16. The van der Waals surface area contributed by atoms with Crippen molar-refractivity contribution in [3.63, 3.8) is 0 Å². The Morgan fingerprint density at radius 1 is 1.21 bits per heavy atom. The molecule has 0 saturated carbocycles. The highest BCUT2D eigenvalue weighted by atomic mass is 32.2. The molecule has 1 aromatic carbocycles. The van der Waals surface area contributed by atoms with Gasteiger partial charge in [0.2, 0.25) is 11.8 Å². The first kappa shape index (κ1) is 20.6. The molecule has 0 aliphatic carbocycles. The Bertz CT molecular complexity index is 950. The maximum atomic E-state index is 12.6. The minimum atomic E-state index is -0.377. The van der Waals surface area contributed by atoms with Crippen molar-refractivity contribution in [2.45, 2.75) is 30.6 Å². The normalized spacial score (nSPS) is 11.9. The molecule has 8 heteroatoms. The van der Waals surface area contributed by atoms with Crippen LogP contribution in [0.4, 0.5) is 0 Å². The van der Waals surface area contributed by atoms with Gasteiger partial charge in [-0.2, -0.15) is 0 Å². The number of carbonyl (C=O) groups excluding carboxylic acids is 2. The van der Waals surface area contributed by atoms with Crippen molar-refractivity contribution < 1.29 is 9.59 Å². The predicted molar refractivity (Wildman–Crippen MR) is 116 cm³/mol. The third-order valence-corrected chi connectivity index (χ3v) is 7.32. The van der Waals surface area contributed by atoms with Crippen molar-refractivity contribution in [2.24, 2.45) is 5.73 Å². The van der Waals surface area contributed by atoms with Crippen LogP contribution >= 0.6 is 34.4 Å². The highest BCUT2D eigenvalue weighted by molar-refractivity contribution is 8.01. The Morgan fingerprint density at radius 3 is 2.61 bits per heavy atom. The number of thioether (sulfide) groups is 1. The number of carbonyl (C=O) groups is 2. The number of rotatable bonds is 8. The molecular formula is C20H21N3O2S3. The van der Waals surface area contributed by atoms with Crippen molar-refractivity contribution in [1.82, 2.24) is 10.3 Å². The molecular weight excluding hydrogens is 410 g/mol. The van der Waals surface area contributed by atoms with E-state index in [1.54, 1.807) is 11.3 Å². The molecule has 0 aliphatic rings. The van der Waals surface area contributed by atoms with Crippen LogP contribution in [0.15, 0.2) is 46.1 Å². The number of aromatic nitrogens is 1. The number of aryl methyl sites for hydroxylation is 2. The number of nitrogens with two attached hydrogens (primary N) is 1. The Balaban J connectivity index is 1.66. The second-order valence-corrected chi connectivity index (χ2v) is 9.63. The van der Waals surface area contributed by atoms with E-state index in [0.29, 0.717) is 0 Å². The average Bonchev–Trinajstić information content (AvgIpc) is 3.29. The van der Waals surface area contributed by atoms with Crippen molar-refractivity contribution >= 4 is 46.2 Å². The number of benzene rings is 1. The second kappa shape index (κ2) is 9.36. The van der Waals surface area contributed by atoms with Gasteiger partial charge in [-0.1, -0.05) is 47.7 Å². The van der Waals surface area contributed by atoms with E-state index in [0.717, 1.165) is 25.4 Å². The molecule has 2 heterocycles. The van der Waals surface area contributed by atoms with Gasteiger partial charge in [0.25, 0.3) is 0 Å². The molecule has 2 aromatic heterocycles. The topological polar surface area (TPSA) is 85.1 Å². The van der Waals surface area contributed by atoms with Gasteiger partial charge in [-0.3, -0.25) is 9.59 Å². The van der Waals surface area contributed by atoms with E-state index in [4.69, 9.17) is 5.73 Å².